The fourth-order valence-electron chi connectivity index (χ4n) is 1.95. The molecule has 0 radical (unpaired) electrons. The van der Waals surface area contributed by atoms with Gasteiger partial charge in [-0.25, -0.2) is 8.78 Å². The van der Waals surface area contributed by atoms with Crippen LogP contribution in [0.2, 0.25) is 0 Å². The highest BCUT2D eigenvalue weighted by Gasteiger charge is 2.14. The molecular weight excluding hydrogens is 300 g/mol. The molecule has 1 nitrogen and oxygen atoms in total. The lowest BCUT2D eigenvalue weighted by Crippen LogP contribution is -2.18. The van der Waals surface area contributed by atoms with Crippen molar-refractivity contribution in [1.82, 2.24) is 5.32 Å². The van der Waals surface area contributed by atoms with E-state index in [0.717, 1.165) is 11.1 Å². The van der Waals surface area contributed by atoms with Gasteiger partial charge in [-0.1, -0.05) is 28.1 Å². The lowest BCUT2D eigenvalue weighted by molar-refractivity contribution is 0.607. The number of benzene rings is 2. The molecule has 1 unspecified atom stereocenters. The van der Waals surface area contributed by atoms with Crippen molar-refractivity contribution in [2.45, 2.75) is 6.04 Å². The first-order valence-electron chi connectivity index (χ1n) is 5.49. The number of rotatable bonds is 3. The number of hydrogen-bond acceptors (Lipinski definition) is 1. The normalized spacial score (nSPS) is 12.4. The highest BCUT2D eigenvalue weighted by molar-refractivity contribution is 9.10. The van der Waals surface area contributed by atoms with E-state index in [-0.39, 0.29) is 17.7 Å². The van der Waals surface area contributed by atoms with Crippen LogP contribution >= 0.6 is 15.9 Å². The maximum absolute atomic E-state index is 13.4. The van der Waals surface area contributed by atoms with Crippen LogP contribution in [0.4, 0.5) is 8.78 Å². The Hall–Kier alpha value is -1.26. The highest BCUT2D eigenvalue weighted by atomic mass is 79.9. The topological polar surface area (TPSA) is 12.0 Å². The van der Waals surface area contributed by atoms with Gasteiger partial charge in [0.15, 0.2) is 0 Å². The van der Waals surface area contributed by atoms with Crippen molar-refractivity contribution in [3.8, 4) is 0 Å². The lowest BCUT2D eigenvalue weighted by Gasteiger charge is -2.17. The predicted octanol–water partition coefficient (Wildman–Crippen LogP) is 4.04. The molecule has 2 aromatic rings. The highest BCUT2D eigenvalue weighted by Crippen LogP contribution is 2.25. The zero-order valence-electron chi connectivity index (χ0n) is 9.75. The van der Waals surface area contributed by atoms with Crippen molar-refractivity contribution in [3.63, 3.8) is 0 Å². The molecule has 0 saturated carbocycles. The summed E-state index contributed by atoms with van der Waals surface area (Å²) in [6, 6.07) is 10.7. The van der Waals surface area contributed by atoms with Gasteiger partial charge in [0.05, 0.1) is 6.04 Å². The summed E-state index contributed by atoms with van der Waals surface area (Å²) in [5.74, 6) is -0.626. The molecule has 0 aliphatic carbocycles. The van der Waals surface area contributed by atoms with E-state index >= 15 is 0 Å². The van der Waals surface area contributed by atoms with Crippen molar-refractivity contribution in [3.05, 3.63) is 69.7 Å². The second-order valence-corrected chi connectivity index (χ2v) is 4.90. The summed E-state index contributed by atoms with van der Waals surface area (Å²) < 4.78 is 27.3. The SMILES string of the molecule is CNC(c1cccc(F)c1)c1cc(F)cc(Br)c1. The van der Waals surface area contributed by atoms with Gasteiger partial charge in [0.25, 0.3) is 0 Å². The Labute approximate surface area is 113 Å². The van der Waals surface area contributed by atoms with Crippen molar-refractivity contribution < 1.29 is 8.78 Å². The molecule has 0 heterocycles. The Bertz CT molecular complexity index is 537. The van der Waals surface area contributed by atoms with E-state index in [1.54, 1.807) is 13.1 Å². The Kier molecular flexibility index (Phi) is 4.09. The number of halogens is 3. The largest absolute Gasteiger partial charge is 0.309 e. The third-order valence-corrected chi connectivity index (χ3v) is 3.15. The van der Waals surface area contributed by atoms with E-state index in [0.29, 0.717) is 4.47 Å². The maximum atomic E-state index is 13.4. The third kappa shape index (κ3) is 2.94. The minimum absolute atomic E-state index is 0.243. The van der Waals surface area contributed by atoms with Gasteiger partial charge in [-0.05, 0) is 48.5 Å². The summed E-state index contributed by atoms with van der Waals surface area (Å²) in [7, 11) is 1.76. The van der Waals surface area contributed by atoms with Gasteiger partial charge in [0.1, 0.15) is 11.6 Å². The molecule has 0 amide bonds. The van der Waals surface area contributed by atoms with Crippen LogP contribution in [0, 0.1) is 11.6 Å². The number of hydrogen-bond donors (Lipinski definition) is 1. The summed E-state index contributed by atoms with van der Waals surface area (Å²) in [4.78, 5) is 0. The summed E-state index contributed by atoms with van der Waals surface area (Å²) in [6.45, 7) is 0. The van der Waals surface area contributed by atoms with Crippen molar-refractivity contribution in [2.24, 2.45) is 0 Å². The van der Waals surface area contributed by atoms with E-state index < -0.39 is 0 Å². The van der Waals surface area contributed by atoms with E-state index in [2.05, 4.69) is 21.2 Å². The first-order chi connectivity index (χ1) is 8.60. The van der Waals surface area contributed by atoms with E-state index in [9.17, 15) is 8.78 Å². The van der Waals surface area contributed by atoms with Gasteiger partial charge in [0.2, 0.25) is 0 Å². The molecule has 0 aliphatic heterocycles. The Balaban J connectivity index is 2.45. The average molecular weight is 312 g/mol. The minimum atomic E-state index is -0.323. The number of nitrogens with one attached hydrogen (secondary N) is 1. The first-order valence-corrected chi connectivity index (χ1v) is 6.28. The van der Waals surface area contributed by atoms with Gasteiger partial charge in [0, 0.05) is 4.47 Å². The summed E-state index contributed by atoms with van der Waals surface area (Å²) in [6.07, 6.45) is 0. The molecule has 4 heteroatoms. The molecule has 0 spiro atoms. The zero-order valence-corrected chi connectivity index (χ0v) is 11.3. The van der Waals surface area contributed by atoms with Crippen LogP contribution in [0.1, 0.15) is 17.2 Å². The molecule has 0 aliphatic rings. The van der Waals surface area contributed by atoms with Gasteiger partial charge in [-0.3, -0.25) is 0 Å². The molecule has 94 valence electrons. The molecule has 2 rings (SSSR count). The Morgan fingerprint density at radius 3 is 2.33 bits per heavy atom. The minimum Gasteiger partial charge on any atom is -0.309 e. The van der Waals surface area contributed by atoms with Crippen molar-refractivity contribution >= 4 is 15.9 Å². The molecule has 0 bridgehead atoms. The molecule has 1 N–H and O–H groups in total. The summed E-state index contributed by atoms with van der Waals surface area (Å²) in [5.41, 5.74) is 1.50. The Morgan fingerprint density at radius 2 is 1.72 bits per heavy atom. The van der Waals surface area contributed by atoms with Crippen LogP contribution in [-0.2, 0) is 0 Å². The van der Waals surface area contributed by atoms with E-state index in [1.807, 2.05) is 12.1 Å². The predicted molar refractivity (Wildman–Crippen MR) is 71.4 cm³/mol. The molecular formula is C14H12BrF2N. The van der Waals surface area contributed by atoms with Gasteiger partial charge in [-0.2, -0.15) is 0 Å². The maximum Gasteiger partial charge on any atom is 0.124 e. The van der Waals surface area contributed by atoms with Gasteiger partial charge >= 0.3 is 0 Å². The van der Waals surface area contributed by atoms with Crippen LogP contribution in [0.3, 0.4) is 0 Å². The van der Waals surface area contributed by atoms with Crippen LogP contribution in [-0.4, -0.2) is 7.05 Å². The quantitative estimate of drug-likeness (QED) is 0.902. The fraction of sp³-hybridized carbons (Fsp3) is 0.143. The summed E-state index contributed by atoms with van der Waals surface area (Å²) >= 11 is 3.26. The fourth-order valence-corrected chi connectivity index (χ4v) is 2.44. The smallest absolute Gasteiger partial charge is 0.124 e. The summed E-state index contributed by atoms with van der Waals surface area (Å²) in [5, 5.41) is 3.06. The van der Waals surface area contributed by atoms with E-state index in [1.165, 1.54) is 24.3 Å². The molecule has 0 fully saturated rings. The van der Waals surface area contributed by atoms with E-state index in [4.69, 9.17) is 0 Å². The van der Waals surface area contributed by atoms with Crippen LogP contribution in [0.15, 0.2) is 46.9 Å². The molecule has 1 atom stereocenters. The standard InChI is InChI=1S/C14H12BrF2N/c1-18-14(9-3-2-4-12(16)6-9)10-5-11(15)8-13(17)7-10/h2-8,14,18H,1H3. The van der Waals surface area contributed by atoms with Crippen LogP contribution in [0.5, 0.6) is 0 Å². The van der Waals surface area contributed by atoms with Crippen molar-refractivity contribution in [2.75, 3.05) is 7.05 Å². The molecule has 0 aromatic heterocycles. The van der Waals surface area contributed by atoms with Crippen molar-refractivity contribution in [1.29, 1.82) is 0 Å². The Morgan fingerprint density at radius 1 is 1.00 bits per heavy atom. The molecule has 0 saturated heterocycles. The van der Waals surface area contributed by atoms with Gasteiger partial charge in [-0.15, -0.1) is 0 Å². The average Bonchev–Trinajstić information content (AvgIpc) is 2.28. The second kappa shape index (κ2) is 5.59. The molecule has 18 heavy (non-hydrogen) atoms. The zero-order chi connectivity index (χ0) is 13.1. The van der Waals surface area contributed by atoms with Crippen LogP contribution < -0.4 is 5.32 Å². The van der Waals surface area contributed by atoms with Crippen LogP contribution in [0.25, 0.3) is 0 Å². The first kappa shape index (κ1) is 13.2. The second-order valence-electron chi connectivity index (χ2n) is 3.98. The lowest BCUT2D eigenvalue weighted by atomic mass is 9.99. The third-order valence-electron chi connectivity index (χ3n) is 2.69. The monoisotopic (exact) mass is 311 g/mol. The molecule has 2 aromatic carbocycles. The van der Waals surface area contributed by atoms with Gasteiger partial charge < -0.3 is 5.32 Å².